The van der Waals surface area contributed by atoms with Crippen LogP contribution in [0.2, 0.25) is 0 Å². The molecule has 0 aliphatic carbocycles. The van der Waals surface area contributed by atoms with Gasteiger partial charge >= 0.3 is 12.3 Å². The number of nitrogens with one attached hydrogen (secondary N) is 2. The Labute approximate surface area is 212 Å². The number of thiocarbonyl (C=S) groups is 1. The smallest absolute Gasteiger partial charge is 0.340 e. The maximum Gasteiger partial charge on any atom is 0.340 e. The van der Waals surface area contributed by atoms with E-state index in [1.165, 1.54) is 37.5 Å². The van der Waals surface area contributed by atoms with Crippen molar-refractivity contribution in [3.05, 3.63) is 71.8 Å². The summed E-state index contributed by atoms with van der Waals surface area (Å²) in [4.78, 5) is 3.94. The van der Waals surface area contributed by atoms with Crippen LogP contribution < -0.4 is 15.9 Å². The normalized spacial score (nSPS) is 14.2. The second kappa shape index (κ2) is 11.3. The summed E-state index contributed by atoms with van der Waals surface area (Å²) >= 11 is 5.29. The highest BCUT2D eigenvalue weighted by Crippen LogP contribution is 2.33. The molecule has 0 saturated carbocycles. The molecule has 0 aliphatic rings. The number of anilines is 1. The van der Waals surface area contributed by atoms with Crippen molar-refractivity contribution < 1.29 is 36.2 Å². The Kier molecular flexibility index (Phi) is 8.60. The molecule has 37 heavy (non-hydrogen) atoms. The highest BCUT2D eigenvalue weighted by atomic mass is 32.1. The highest BCUT2D eigenvalue weighted by Gasteiger charge is 2.43. The summed E-state index contributed by atoms with van der Waals surface area (Å²) in [5.41, 5.74) is -2.02. The van der Waals surface area contributed by atoms with Crippen LogP contribution in [-0.4, -0.2) is 55.4 Å². The van der Waals surface area contributed by atoms with Crippen molar-refractivity contribution in [1.82, 2.24) is 20.2 Å². The van der Waals surface area contributed by atoms with Gasteiger partial charge in [0, 0.05) is 23.7 Å². The number of hydrogen-bond donors (Lipinski definition) is 4. The predicted octanol–water partition coefficient (Wildman–Crippen LogP) is 3.75. The van der Waals surface area contributed by atoms with E-state index in [0.717, 1.165) is 17.1 Å². The van der Waals surface area contributed by atoms with Crippen molar-refractivity contribution in [2.45, 2.75) is 37.3 Å². The maximum absolute atomic E-state index is 14.7. The zero-order valence-corrected chi connectivity index (χ0v) is 20.0. The van der Waals surface area contributed by atoms with E-state index in [2.05, 4.69) is 20.5 Å². The van der Waals surface area contributed by atoms with Gasteiger partial charge in [-0.25, -0.2) is 28.4 Å². The predicted molar refractivity (Wildman–Crippen MR) is 125 cm³/mol. The molecular formula is C22H22F6N6O2S. The first kappa shape index (κ1) is 28.1. The van der Waals surface area contributed by atoms with Gasteiger partial charge in [-0.3, -0.25) is 10.1 Å². The van der Waals surface area contributed by atoms with E-state index in [-0.39, 0.29) is 28.7 Å². The third-order valence-corrected chi connectivity index (χ3v) is 5.81. The molecule has 0 fully saturated rings. The molecule has 2 atom stereocenters. The van der Waals surface area contributed by atoms with E-state index in [1.54, 1.807) is 0 Å². The van der Waals surface area contributed by atoms with E-state index < -0.39 is 42.2 Å². The quantitative estimate of drug-likeness (QED) is 0.131. The average Bonchev–Trinajstić information content (AvgIpc) is 3.35. The molecule has 1 heterocycles. The fourth-order valence-corrected chi connectivity index (χ4v) is 3.63. The number of benzene rings is 2. The first-order valence-corrected chi connectivity index (χ1v) is 11.0. The van der Waals surface area contributed by atoms with Crippen LogP contribution in [0.4, 0.5) is 32.0 Å². The van der Waals surface area contributed by atoms with Gasteiger partial charge in [-0.2, -0.15) is 13.9 Å². The van der Waals surface area contributed by atoms with Crippen molar-refractivity contribution >= 4 is 23.0 Å². The van der Waals surface area contributed by atoms with E-state index in [1.807, 2.05) is 0 Å². The number of ether oxygens (including phenoxy) is 1. The fourth-order valence-electron chi connectivity index (χ4n) is 3.35. The largest absolute Gasteiger partial charge is 0.487 e. The number of nitrogens with zero attached hydrogens (tertiary/aromatic N) is 3. The number of aliphatic hydroxyl groups is 1. The molecule has 5 N–H and O–H groups in total. The molecule has 1 aromatic heterocycles. The number of aromatic amines is 1. The monoisotopic (exact) mass is 548 g/mol. The van der Waals surface area contributed by atoms with E-state index >= 15 is 0 Å². The molecule has 8 nitrogen and oxygen atoms in total. The number of H-pyrrole nitrogens is 1. The molecule has 0 aliphatic heterocycles. The lowest BCUT2D eigenvalue weighted by molar-refractivity contribution is -0.148. The first-order chi connectivity index (χ1) is 17.3. The minimum absolute atomic E-state index is 0.0945. The molecule has 0 unspecified atom stereocenters. The Balaban J connectivity index is 1.75. The summed E-state index contributed by atoms with van der Waals surface area (Å²) in [7, 11) is 0. The first-order valence-electron chi connectivity index (χ1n) is 10.6. The number of rotatable bonds is 10. The number of nitrogens with two attached hydrogens (primary N) is 1. The lowest BCUT2D eigenvalue weighted by Gasteiger charge is -2.40. The van der Waals surface area contributed by atoms with Crippen molar-refractivity contribution in [3.63, 3.8) is 0 Å². The van der Waals surface area contributed by atoms with Gasteiger partial charge in [-0.05, 0) is 49.5 Å². The maximum atomic E-state index is 14.7. The summed E-state index contributed by atoms with van der Waals surface area (Å²) in [5, 5.41) is 21.4. The number of aromatic nitrogens is 3. The average molecular weight is 549 g/mol. The Hall–Kier alpha value is -3.43. The van der Waals surface area contributed by atoms with Gasteiger partial charge in [0.15, 0.2) is 11.7 Å². The van der Waals surface area contributed by atoms with Crippen LogP contribution in [-0.2, 0) is 12.0 Å². The van der Waals surface area contributed by atoms with Gasteiger partial charge in [0.2, 0.25) is 0 Å². The Morgan fingerprint density at radius 2 is 1.89 bits per heavy atom. The van der Waals surface area contributed by atoms with Gasteiger partial charge in [-0.1, -0.05) is 6.07 Å². The zero-order chi connectivity index (χ0) is 27.4. The van der Waals surface area contributed by atoms with Crippen LogP contribution in [0.5, 0.6) is 5.75 Å². The molecular weight excluding hydrogens is 526 g/mol. The topological polar surface area (TPSA) is 112 Å². The second-order valence-electron chi connectivity index (χ2n) is 8.05. The van der Waals surface area contributed by atoms with Gasteiger partial charge in [0.1, 0.15) is 35.1 Å². The number of hydrogen-bond acceptors (Lipinski definition) is 6. The summed E-state index contributed by atoms with van der Waals surface area (Å²) in [6.07, 6.45) is -2.97. The molecule has 0 amide bonds. The van der Waals surface area contributed by atoms with E-state index in [9.17, 15) is 31.4 Å². The fraction of sp³-hybridized carbons (Fsp3) is 0.318. The van der Waals surface area contributed by atoms with Gasteiger partial charge in [-0.15, -0.1) is 0 Å². The minimum atomic E-state index is -4.30. The number of hydrazine groups is 1. The number of halogens is 6. The van der Waals surface area contributed by atoms with Gasteiger partial charge in [0.05, 0.1) is 6.04 Å². The van der Waals surface area contributed by atoms with E-state index in [0.29, 0.717) is 11.8 Å². The van der Waals surface area contributed by atoms with Crippen LogP contribution in [0, 0.1) is 11.6 Å². The molecule has 15 heteroatoms. The van der Waals surface area contributed by atoms with Crippen LogP contribution in [0.1, 0.15) is 18.3 Å². The number of alkyl halides is 4. The summed E-state index contributed by atoms with van der Waals surface area (Å²) in [5.74, 6) is 0.0729. The Morgan fingerprint density at radius 3 is 2.46 bits per heavy atom. The summed E-state index contributed by atoms with van der Waals surface area (Å²) < 4.78 is 83.5. The molecule has 0 saturated heterocycles. The molecule has 2 aromatic carbocycles. The van der Waals surface area contributed by atoms with Crippen molar-refractivity contribution in [2.24, 2.45) is 5.84 Å². The zero-order valence-electron chi connectivity index (χ0n) is 19.1. The molecule has 200 valence electrons. The van der Waals surface area contributed by atoms with Gasteiger partial charge in [0.25, 0.3) is 0 Å². The van der Waals surface area contributed by atoms with Gasteiger partial charge < -0.3 is 15.2 Å². The highest BCUT2D eigenvalue weighted by molar-refractivity contribution is 7.80. The van der Waals surface area contributed by atoms with Crippen molar-refractivity contribution in [1.29, 1.82) is 0 Å². The van der Waals surface area contributed by atoms with Crippen LogP contribution >= 0.6 is 12.2 Å². The molecule has 0 radical (unpaired) electrons. The summed E-state index contributed by atoms with van der Waals surface area (Å²) in [6, 6.07) is 6.77. The van der Waals surface area contributed by atoms with E-state index in [4.69, 9.17) is 22.8 Å². The minimum Gasteiger partial charge on any atom is -0.487 e. The van der Waals surface area contributed by atoms with Crippen molar-refractivity contribution in [3.8, 4) is 5.75 Å². The second-order valence-corrected chi connectivity index (χ2v) is 8.43. The lowest BCUT2D eigenvalue weighted by Crippen LogP contribution is -2.57. The molecule has 0 spiro atoms. The molecule has 3 rings (SSSR count). The third-order valence-electron chi connectivity index (χ3n) is 5.50. The van der Waals surface area contributed by atoms with Crippen LogP contribution in [0.15, 0.2) is 48.8 Å². The third kappa shape index (κ3) is 6.67. The molecule has 0 bridgehead atoms. The molecule has 3 aromatic rings. The van der Waals surface area contributed by atoms with Crippen LogP contribution in [0.25, 0.3) is 0 Å². The van der Waals surface area contributed by atoms with Crippen LogP contribution in [0.3, 0.4) is 0 Å². The van der Waals surface area contributed by atoms with Crippen molar-refractivity contribution in [2.75, 3.05) is 11.9 Å². The Morgan fingerprint density at radius 1 is 1.22 bits per heavy atom. The standard InChI is InChI=1S/C22H22F6N6O2S/c1-12(21(35,9-18-30-11-31-33-18)16-7-2-13(23)8-17(16)24)34(29)20(37)32-14-3-5-15(6-4-14)36-10-22(27,28)19(25)26/h2-8,11-12,19,35H,9-10,29H2,1H3,(H,32,37)(H,30,31,33)/t12-,21+/m1/s1. The lowest BCUT2D eigenvalue weighted by atomic mass is 9.83. The SMILES string of the molecule is C[C@@H](N(N)C(=S)Nc1ccc(OCC(F)(F)C(F)F)cc1)[C@@](O)(Cc1ncn[nH]1)c1ccc(F)cc1F. The summed E-state index contributed by atoms with van der Waals surface area (Å²) in [6.45, 7) is -0.0546. The Bertz CT molecular complexity index is 1200.